The summed E-state index contributed by atoms with van der Waals surface area (Å²) in [6, 6.07) is 39.2. The summed E-state index contributed by atoms with van der Waals surface area (Å²) in [6.45, 7) is 0. The lowest BCUT2D eigenvalue weighted by Gasteiger charge is -2.36. The van der Waals surface area contributed by atoms with Crippen molar-refractivity contribution in [1.82, 2.24) is 0 Å². The first-order valence-corrected chi connectivity index (χ1v) is 14.4. The van der Waals surface area contributed by atoms with Gasteiger partial charge in [-0.2, -0.15) is 0 Å². The van der Waals surface area contributed by atoms with Crippen LogP contribution in [0.15, 0.2) is 121 Å². The summed E-state index contributed by atoms with van der Waals surface area (Å²) >= 11 is 0. The monoisotopic (exact) mass is 464 g/mol. The van der Waals surface area contributed by atoms with Gasteiger partial charge >= 0.3 is 7.60 Å². The van der Waals surface area contributed by atoms with Gasteiger partial charge in [0.25, 0.3) is 0 Å². The number of benzene rings is 4. The fraction of sp³-hybridized carbons (Fsp3) is 0.0400. The largest absolute Gasteiger partial charge is 0.338 e. The third kappa shape index (κ3) is 5.21. The van der Waals surface area contributed by atoms with Crippen LogP contribution in [0.4, 0.5) is 0 Å². The molecule has 0 aliphatic rings. The maximum Gasteiger partial charge on any atom is 0.338 e. The number of hydrogen-bond acceptors (Lipinski definition) is 1. The van der Waals surface area contributed by atoms with E-state index in [4.69, 9.17) is 0 Å². The molecule has 0 fully saturated rings. The molecule has 0 radical (unpaired) electrons. The lowest BCUT2D eigenvalue weighted by Crippen LogP contribution is -2.27. The van der Waals surface area contributed by atoms with Crippen LogP contribution in [0.25, 0.3) is 0 Å². The van der Waals surface area contributed by atoms with Gasteiger partial charge in [-0.1, -0.05) is 121 Å². The molecule has 4 rings (SSSR count). The lowest BCUT2D eigenvalue weighted by atomic mass is 10.4. The summed E-state index contributed by atoms with van der Waals surface area (Å²) in [5.41, 5.74) is 0. The van der Waals surface area contributed by atoms with Crippen molar-refractivity contribution in [2.24, 2.45) is 0 Å². The molecule has 0 aliphatic carbocycles. The average Bonchev–Trinajstić information content (AvgIpc) is 2.81. The molecule has 0 spiro atoms. The summed E-state index contributed by atoms with van der Waals surface area (Å²) in [6.07, 6.45) is 0. The first-order chi connectivity index (χ1) is 15.1. The highest BCUT2D eigenvalue weighted by atomic mass is 31.3. The lowest BCUT2D eigenvalue weighted by molar-refractivity contribution is 0.376. The van der Waals surface area contributed by atoms with Gasteiger partial charge in [0.2, 0.25) is 0 Å². The Morgan fingerprint density at radius 3 is 0.903 bits per heavy atom. The van der Waals surface area contributed by atoms with Gasteiger partial charge in [0.05, 0.1) is 0 Å². The van der Waals surface area contributed by atoms with E-state index in [2.05, 4.69) is 0 Å². The molecule has 0 atom stereocenters. The van der Waals surface area contributed by atoms with Crippen molar-refractivity contribution in [2.75, 3.05) is 0 Å². The van der Waals surface area contributed by atoms with Crippen LogP contribution in [0.2, 0.25) is 0 Å². The third-order valence-electron chi connectivity index (χ3n) is 4.90. The van der Waals surface area contributed by atoms with E-state index >= 15 is 0 Å². The molecule has 0 aromatic heterocycles. The van der Waals surface area contributed by atoms with Gasteiger partial charge in [0, 0.05) is 0 Å². The number of hydrogen-bond donors (Lipinski definition) is 2. The molecule has 0 bridgehead atoms. The molecule has 4 aromatic rings. The maximum absolute atomic E-state index is 13.2. The van der Waals surface area contributed by atoms with Crippen LogP contribution in [0.5, 0.6) is 0 Å². The van der Waals surface area contributed by atoms with Crippen LogP contribution in [0, 0.1) is 0 Å². The Morgan fingerprint density at radius 1 is 0.484 bits per heavy atom. The molecule has 0 heterocycles. The van der Waals surface area contributed by atoms with E-state index in [0.29, 0.717) is 0 Å². The Hall–Kier alpha value is -2.11. The Kier molecular flexibility index (Phi) is 7.13. The van der Waals surface area contributed by atoms with Crippen molar-refractivity contribution in [3.8, 4) is 0 Å². The highest BCUT2D eigenvalue weighted by Gasteiger charge is 2.44. The SMILES string of the molecule is O=P(O)(O)C(P(c1ccccc1)c1ccccc1)P(c1ccccc1)c1ccccc1. The van der Waals surface area contributed by atoms with E-state index in [9.17, 15) is 14.4 Å². The zero-order valence-corrected chi connectivity index (χ0v) is 19.5. The predicted octanol–water partition coefficient (Wildman–Crippen LogP) is 4.71. The van der Waals surface area contributed by atoms with Crippen LogP contribution >= 0.6 is 23.4 Å². The van der Waals surface area contributed by atoms with Crippen LogP contribution in [0.3, 0.4) is 0 Å². The minimum Gasteiger partial charge on any atom is -0.324 e. The van der Waals surface area contributed by atoms with Crippen LogP contribution < -0.4 is 21.2 Å². The van der Waals surface area contributed by atoms with Gasteiger partial charge < -0.3 is 9.79 Å². The standard InChI is InChI=1S/C25H23O3P3/c26-31(27,28)25(29(21-13-5-1-6-14-21)22-15-7-2-8-16-22)30(23-17-9-3-10-18-23)24-19-11-4-12-20-24/h1-20,25H,(H2,26,27,28). The molecular formula is C25H23O3P3. The van der Waals surface area contributed by atoms with Gasteiger partial charge in [-0.25, -0.2) is 0 Å². The molecule has 31 heavy (non-hydrogen) atoms. The van der Waals surface area contributed by atoms with Crippen molar-refractivity contribution in [3.63, 3.8) is 0 Å². The van der Waals surface area contributed by atoms with E-state index in [-0.39, 0.29) is 0 Å². The molecule has 3 nitrogen and oxygen atoms in total. The second kappa shape index (κ2) is 10.0. The second-order valence-corrected chi connectivity index (χ2v) is 14.5. The molecule has 6 heteroatoms. The summed E-state index contributed by atoms with van der Waals surface area (Å²) in [7, 11) is -7.14. The van der Waals surface area contributed by atoms with Gasteiger partial charge in [-0.3, -0.25) is 4.57 Å². The zero-order chi connectivity index (χ0) is 21.7. The summed E-state index contributed by atoms with van der Waals surface area (Å²) < 4.78 is 13.2. The third-order valence-corrected chi connectivity index (χ3v) is 14.4. The minimum absolute atomic E-state index is 0.841. The smallest absolute Gasteiger partial charge is 0.324 e. The van der Waals surface area contributed by atoms with E-state index in [0.717, 1.165) is 21.2 Å². The average molecular weight is 464 g/mol. The van der Waals surface area contributed by atoms with Crippen LogP contribution in [-0.2, 0) is 4.57 Å². The molecule has 0 aliphatic heterocycles. The van der Waals surface area contributed by atoms with Crippen molar-refractivity contribution >= 4 is 44.7 Å². The molecule has 0 saturated carbocycles. The highest BCUT2D eigenvalue weighted by Crippen LogP contribution is 2.70. The molecule has 2 N–H and O–H groups in total. The molecule has 0 amide bonds. The first kappa shape index (κ1) is 22.1. The predicted molar refractivity (Wildman–Crippen MR) is 134 cm³/mol. The Bertz CT molecular complexity index is 972. The van der Waals surface area contributed by atoms with Crippen LogP contribution in [-0.4, -0.2) is 14.9 Å². The minimum atomic E-state index is -4.49. The maximum atomic E-state index is 13.2. The summed E-state index contributed by atoms with van der Waals surface area (Å²) in [4.78, 5) is 21.6. The van der Waals surface area contributed by atoms with Crippen molar-refractivity contribution < 1.29 is 14.4 Å². The summed E-state index contributed by atoms with van der Waals surface area (Å²) in [5.74, 6) is 0. The molecule has 0 saturated heterocycles. The van der Waals surface area contributed by atoms with Gasteiger partial charge in [0.15, 0.2) is 0 Å². The topological polar surface area (TPSA) is 57.5 Å². The quantitative estimate of drug-likeness (QED) is 0.390. The van der Waals surface area contributed by atoms with E-state index in [1.54, 1.807) is 0 Å². The van der Waals surface area contributed by atoms with Crippen molar-refractivity contribution in [3.05, 3.63) is 121 Å². The van der Waals surface area contributed by atoms with E-state index in [1.165, 1.54) is 0 Å². The summed E-state index contributed by atoms with van der Waals surface area (Å²) in [5, 5.41) is 3.03. The van der Waals surface area contributed by atoms with Crippen LogP contribution in [0.1, 0.15) is 0 Å². The first-order valence-electron chi connectivity index (χ1n) is 9.89. The Balaban J connectivity index is 1.98. The zero-order valence-electron chi connectivity index (χ0n) is 16.8. The molecule has 4 aromatic carbocycles. The van der Waals surface area contributed by atoms with Crippen molar-refractivity contribution in [2.45, 2.75) is 5.14 Å². The molecule has 0 unspecified atom stereocenters. The second-order valence-electron chi connectivity index (χ2n) is 7.02. The Morgan fingerprint density at radius 2 is 0.710 bits per heavy atom. The van der Waals surface area contributed by atoms with Gasteiger partial charge in [-0.05, 0) is 37.1 Å². The molecular weight excluding hydrogens is 441 g/mol. The molecule has 156 valence electrons. The number of rotatable bonds is 7. The normalized spacial score (nSPS) is 11.9. The van der Waals surface area contributed by atoms with E-state index in [1.807, 2.05) is 121 Å². The Labute approximate surface area is 185 Å². The fourth-order valence-electron chi connectivity index (χ4n) is 3.60. The highest BCUT2D eigenvalue weighted by molar-refractivity contribution is 7.99. The van der Waals surface area contributed by atoms with Gasteiger partial charge in [-0.15, -0.1) is 0 Å². The van der Waals surface area contributed by atoms with Crippen molar-refractivity contribution in [1.29, 1.82) is 0 Å². The van der Waals surface area contributed by atoms with Gasteiger partial charge in [0.1, 0.15) is 5.14 Å². The fourth-order valence-corrected chi connectivity index (χ4v) is 13.8. The van der Waals surface area contributed by atoms with E-state index < -0.39 is 28.6 Å².